The number of benzene rings is 2. The number of nitrogens with one attached hydrogen (secondary N) is 1. The normalized spacial score (nSPS) is 14.3. The molecule has 0 amide bonds. The topological polar surface area (TPSA) is 58.4 Å². The second kappa shape index (κ2) is 6.58. The molecule has 0 aromatic heterocycles. The van der Waals surface area contributed by atoms with Crippen molar-refractivity contribution >= 4 is 11.4 Å². The second-order valence-corrected chi connectivity index (χ2v) is 5.47. The van der Waals surface area contributed by atoms with E-state index < -0.39 is 0 Å². The van der Waals surface area contributed by atoms with Crippen LogP contribution < -0.4 is 10.2 Å². The predicted octanol–water partition coefficient (Wildman–Crippen LogP) is 2.75. The molecule has 0 saturated heterocycles. The zero-order valence-electron chi connectivity index (χ0n) is 12.4. The van der Waals surface area contributed by atoms with Gasteiger partial charge < -0.3 is 10.2 Å². The molecule has 0 saturated carbocycles. The van der Waals surface area contributed by atoms with Gasteiger partial charge in [-0.2, -0.15) is 0 Å². The third-order valence-electron chi connectivity index (χ3n) is 4.02. The highest BCUT2D eigenvalue weighted by Crippen LogP contribution is 2.22. The Labute approximate surface area is 129 Å². The van der Waals surface area contributed by atoms with Crippen LogP contribution in [0.5, 0.6) is 0 Å². The summed E-state index contributed by atoms with van der Waals surface area (Å²) in [5, 5.41) is 14.1. The van der Waals surface area contributed by atoms with Gasteiger partial charge in [-0.05, 0) is 23.6 Å². The van der Waals surface area contributed by atoms with Crippen LogP contribution in [-0.4, -0.2) is 24.6 Å². The van der Waals surface area contributed by atoms with E-state index in [0.717, 1.165) is 38.2 Å². The lowest BCUT2D eigenvalue weighted by Crippen LogP contribution is -2.30. The van der Waals surface area contributed by atoms with Gasteiger partial charge in [0.05, 0.1) is 4.92 Å². The SMILES string of the molecule is O=[N+]([O-])c1ccc(CCN2CCNCc3ccccc32)cc1. The summed E-state index contributed by atoms with van der Waals surface area (Å²) < 4.78 is 0. The zero-order valence-corrected chi connectivity index (χ0v) is 12.4. The molecule has 0 unspecified atom stereocenters. The third kappa shape index (κ3) is 3.26. The van der Waals surface area contributed by atoms with E-state index in [4.69, 9.17) is 0 Å². The van der Waals surface area contributed by atoms with Crippen molar-refractivity contribution < 1.29 is 4.92 Å². The van der Waals surface area contributed by atoms with Crippen molar-refractivity contribution in [3.05, 3.63) is 69.8 Å². The van der Waals surface area contributed by atoms with Gasteiger partial charge in [-0.15, -0.1) is 0 Å². The monoisotopic (exact) mass is 297 g/mol. The number of rotatable bonds is 4. The van der Waals surface area contributed by atoms with Crippen LogP contribution in [0.3, 0.4) is 0 Å². The Morgan fingerprint density at radius 1 is 1.14 bits per heavy atom. The molecule has 1 aliphatic rings. The molecule has 1 heterocycles. The van der Waals surface area contributed by atoms with Crippen LogP contribution in [0, 0.1) is 10.1 Å². The number of hydrogen-bond donors (Lipinski definition) is 1. The van der Waals surface area contributed by atoms with E-state index in [-0.39, 0.29) is 10.6 Å². The van der Waals surface area contributed by atoms with Crippen LogP contribution >= 0.6 is 0 Å². The maximum atomic E-state index is 10.7. The Bertz CT molecular complexity index is 655. The number of anilines is 1. The van der Waals surface area contributed by atoms with E-state index in [1.54, 1.807) is 12.1 Å². The largest absolute Gasteiger partial charge is 0.370 e. The van der Waals surface area contributed by atoms with Crippen molar-refractivity contribution in [3.63, 3.8) is 0 Å². The molecule has 5 heteroatoms. The summed E-state index contributed by atoms with van der Waals surface area (Å²) in [5.41, 5.74) is 3.88. The Balaban J connectivity index is 1.69. The molecule has 1 N–H and O–H groups in total. The number of nitrogens with zero attached hydrogens (tertiary/aromatic N) is 2. The highest BCUT2D eigenvalue weighted by molar-refractivity contribution is 5.54. The molecule has 114 valence electrons. The molecule has 0 fully saturated rings. The van der Waals surface area contributed by atoms with Crippen molar-refractivity contribution in [1.29, 1.82) is 0 Å². The van der Waals surface area contributed by atoms with Crippen molar-refractivity contribution in [2.45, 2.75) is 13.0 Å². The lowest BCUT2D eigenvalue weighted by molar-refractivity contribution is -0.384. The molecule has 0 spiro atoms. The maximum Gasteiger partial charge on any atom is 0.269 e. The molecule has 0 bridgehead atoms. The summed E-state index contributed by atoms with van der Waals surface area (Å²) in [5.74, 6) is 0. The lowest BCUT2D eigenvalue weighted by Gasteiger charge is -2.24. The maximum absolute atomic E-state index is 10.7. The Morgan fingerprint density at radius 3 is 2.68 bits per heavy atom. The van der Waals surface area contributed by atoms with Gasteiger partial charge in [-0.1, -0.05) is 30.3 Å². The van der Waals surface area contributed by atoms with Gasteiger partial charge in [-0.3, -0.25) is 10.1 Å². The molecular formula is C17H19N3O2. The van der Waals surface area contributed by atoms with E-state index in [1.165, 1.54) is 11.3 Å². The Kier molecular flexibility index (Phi) is 4.34. The van der Waals surface area contributed by atoms with E-state index in [1.807, 2.05) is 12.1 Å². The van der Waals surface area contributed by atoms with Crippen molar-refractivity contribution in [1.82, 2.24) is 5.32 Å². The van der Waals surface area contributed by atoms with Crippen LogP contribution in [-0.2, 0) is 13.0 Å². The molecule has 22 heavy (non-hydrogen) atoms. The van der Waals surface area contributed by atoms with E-state index >= 15 is 0 Å². The van der Waals surface area contributed by atoms with E-state index in [9.17, 15) is 10.1 Å². The highest BCUT2D eigenvalue weighted by atomic mass is 16.6. The molecule has 2 aromatic carbocycles. The molecule has 2 aromatic rings. The molecule has 3 rings (SSSR count). The van der Waals surface area contributed by atoms with Crippen LogP contribution in [0.25, 0.3) is 0 Å². The fraction of sp³-hybridized carbons (Fsp3) is 0.294. The van der Waals surface area contributed by atoms with Gasteiger partial charge in [0.15, 0.2) is 0 Å². The first-order valence-corrected chi connectivity index (χ1v) is 7.51. The Hall–Kier alpha value is -2.40. The van der Waals surface area contributed by atoms with Crippen molar-refractivity contribution in [2.75, 3.05) is 24.5 Å². The summed E-state index contributed by atoms with van der Waals surface area (Å²) >= 11 is 0. The van der Waals surface area contributed by atoms with Gasteiger partial charge in [0.1, 0.15) is 0 Å². The van der Waals surface area contributed by atoms with Crippen LogP contribution in [0.2, 0.25) is 0 Å². The van der Waals surface area contributed by atoms with Crippen molar-refractivity contribution in [3.8, 4) is 0 Å². The number of nitro groups is 1. The fourth-order valence-electron chi connectivity index (χ4n) is 2.81. The van der Waals surface area contributed by atoms with Crippen molar-refractivity contribution in [2.24, 2.45) is 0 Å². The van der Waals surface area contributed by atoms with Gasteiger partial charge in [0.25, 0.3) is 5.69 Å². The number of nitro benzene ring substituents is 1. The first kappa shape index (κ1) is 14.5. The summed E-state index contributed by atoms with van der Waals surface area (Å²) in [6, 6.07) is 15.3. The quantitative estimate of drug-likeness (QED) is 0.696. The lowest BCUT2D eigenvalue weighted by atomic mass is 10.1. The molecule has 5 nitrogen and oxygen atoms in total. The minimum absolute atomic E-state index is 0.146. The van der Waals surface area contributed by atoms with Gasteiger partial charge in [0.2, 0.25) is 0 Å². The minimum atomic E-state index is -0.361. The summed E-state index contributed by atoms with van der Waals surface area (Å²) in [6.07, 6.45) is 0.881. The molecule has 0 aliphatic carbocycles. The summed E-state index contributed by atoms with van der Waals surface area (Å²) in [6.45, 7) is 3.76. The number of fused-ring (bicyclic) bond motifs is 1. The average molecular weight is 297 g/mol. The molecule has 0 atom stereocenters. The number of hydrogen-bond acceptors (Lipinski definition) is 4. The second-order valence-electron chi connectivity index (χ2n) is 5.47. The van der Waals surface area contributed by atoms with Crippen LogP contribution in [0.4, 0.5) is 11.4 Å². The fourth-order valence-corrected chi connectivity index (χ4v) is 2.81. The zero-order chi connectivity index (χ0) is 15.4. The Morgan fingerprint density at radius 2 is 1.91 bits per heavy atom. The number of para-hydroxylation sites is 1. The van der Waals surface area contributed by atoms with Gasteiger partial charge in [0, 0.05) is 44.0 Å². The first-order chi connectivity index (χ1) is 10.7. The van der Waals surface area contributed by atoms with Crippen LogP contribution in [0.15, 0.2) is 48.5 Å². The average Bonchev–Trinajstić information content (AvgIpc) is 2.75. The molecular weight excluding hydrogens is 278 g/mol. The number of non-ortho nitro benzene ring substituents is 1. The smallest absolute Gasteiger partial charge is 0.269 e. The van der Waals surface area contributed by atoms with E-state index in [2.05, 4.69) is 34.5 Å². The molecule has 0 radical (unpaired) electrons. The summed E-state index contributed by atoms with van der Waals surface area (Å²) in [7, 11) is 0. The minimum Gasteiger partial charge on any atom is -0.370 e. The third-order valence-corrected chi connectivity index (χ3v) is 4.02. The van der Waals surface area contributed by atoms with Gasteiger partial charge in [-0.25, -0.2) is 0 Å². The van der Waals surface area contributed by atoms with E-state index in [0.29, 0.717) is 0 Å². The predicted molar refractivity (Wildman–Crippen MR) is 87.2 cm³/mol. The summed E-state index contributed by atoms with van der Waals surface area (Å²) in [4.78, 5) is 12.7. The van der Waals surface area contributed by atoms with Gasteiger partial charge >= 0.3 is 0 Å². The molecule has 1 aliphatic heterocycles. The first-order valence-electron chi connectivity index (χ1n) is 7.51. The van der Waals surface area contributed by atoms with Crippen LogP contribution in [0.1, 0.15) is 11.1 Å². The highest BCUT2D eigenvalue weighted by Gasteiger charge is 2.14. The standard InChI is InChI=1S/C17H19N3O2/c21-20(22)16-7-5-14(6-8-16)9-11-19-12-10-18-13-15-3-1-2-4-17(15)19/h1-8,18H,9-13H2.